The first kappa shape index (κ1) is 21.3. The Morgan fingerprint density at radius 1 is 1.09 bits per heavy atom. The number of fused-ring (bicyclic) bond motifs is 1. The Morgan fingerprint density at radius 2 is 1.81 bits per heavy atom. The third kappa shape index (κ3) is 4.11. The van der Waals surface area contributed by atoms with E-state index in [0.717, 1.165) is 34.7 Å². The Balaban J connectivity index is 1.85. The van der Waals surface area contributed by atoms with Gasteiger partial charge >= 0.3 is 0 Å². The van der Waals surface area contributed by atoms with Gasteiger partial charge in [0.1, 0.15) is 5.82 Å². The van der Waals surface area contributed by atoms with Crippen molar-refractivity contribution in [1.82, 2.24) is 19.8 Å². The number of imidazole rings is 1. The topological polar surface area (TPSA) is 74.0 Å². The summed E-state index contributed by atoms with van der Waals surface area (Å²) in [6.45, 7) is 3.41. The molecule has 4 aromatic rings. The summed E-state index contributed by atoms with van der Waals surface area (Å²) in [5.41, 5.74) is 5.94. The van der Waals surface area contributed by atoms with Gasteiger partial charge in [0, 0.05) is 37.0 Å². The van der Waals surface area contributed by atoms with Gasteiger partial charge in [0.2, 0.25) is 0 Å². The Kier molecular flexibility index (Phi) is 6.02. The molecule has 4 rings (SSSR count). The van der Waals surface area contributed by atoms with Gasteiger partial charge in [-0.3, -0.25) is 9.36 Å². The molecule has 0 atom stereocenters. The lowest BCUT2D eigenvalue weighted by Gasteiger charge is -2.17. The zero-order valence-corrected chi connectivity index (χ0v) is 18.5. The normalized spacial score (nSPS) is 10.8. The van der Waals surface area contributed by atoms with E-state index in [2.05, 4.69) is 47.1 Å². The van der Waals surface area contributed by atoms with Crippen LogP contribution in [0.4, 0.5) is 0 Å². The molecule has 0 bridgehead atoms. The van der Waals surface area contributed by atoms with Crippen LogP contribution < -0.4 is 5.32 Å². The van der Waals surface area contributed by atoms with Crippen molar-refractivity contribution >= 4 is 16.9 Å². The van der Waals surface area contributed by atoms with Crippen LogP contribution in [0.15, 0.2) is 66.7 Å². The maximum Gasteiger partial charge on any atom is 0.253 e. The second-order valence-corrected chi connectivity index (χ2v) is 7.83. The molecule has 0 saturated carbocycles. The zero-order chi connectivity index (χ0) is 22.7. The van der Waals surface area contributed by atoms with E-state index in [0.29, 0.717) is 17.7 Å². The van der Waals surface area contributed by atoms with Gasteiger partial charge in [0.05, 0.1) is 22.7 Å². The highest BCUT2D eigenvalue weighted by atomic mass is 16.2. The van der Waals surface area contributed by atoms with Crippen molar-refractivity contribution in [2.45, 2.75) is 6.92 Å². The van der Waals surface area contributed by atoms with Crippen molar-refractivity contribution < 1.29 is 4.79 Å². The van der Waals surface area contributed by atoms with Gasteiger partial charge in [-0.15, -0.1) is 0 Å². The highest BCUT2D eigenvalue weighted by Crippen LogP contribution is 2.30. The quantitative estimate of drug-likeness (QED) is 0.505. The van der Waals surface area contributed by atoms with Gasteiger partial charge in [-0.05, 0) is 68.6 Å². The van der Waals surface area contributed by atoms with Crippen LogP contribution in [0.2, 0.25) is 0 Å². The van der Waals surface area contributed by atoms with Gasteiger partial charge in [0.15, 0.2) is 0 Å². The van der Waals surface area contributed by atoms with E-state index < -0.39 is 0 Å². The number of aryl methyl sites for hydroxylation is 1. The molecule has 1 heterocycles. The molecule has 0 fully saturated rings. The minimum Gasteiger partial charge on any atom is -0.340 e. The van der Waals surface area contributed by atoms with E-state index >= 15 is 0 Å². The lowest BCUT2D eigenvalue weighted by atomic mass is 10.1. The number of carbonyl (C=O) groups excluding carboxylic acids is 1. The van der Waals surface area contributed by atoms with E-state index in [1.165, 1.54) is 5.56 Å². The van der Waals surface area contributed by atoms with Crippen LogP contribution in [0.3, 0.4) is 0 Å². The molecule has 6 nitrogen and oxygen atoms in total. The molecule has 160 valence electrons. The zero-order valence-electron chi connectivity index (χ0n) is 18.5. The largest absolute Gasteiger partial charge is 0.340 e. The van der Waals surface area contributed by atoms with Crippen LogP contribution in [0, 0.1) is 18.3 Å². The number of benzene rings is 3. The molecule has 0 spiro atoms. The molecule has 1 aromatic heterocycles. The van der Waals surface area contributed by atoms with E-state index in [-0.39, 0.29) is 5.91 Å². The van der Waals surface area contributed by atoms with Crippen LogP contribution in [-0.2, 0) is 0 Å². The molecular weight excluding hydrogens is 398 g/mol. The number of carbonyl (C=O) groups is 1. The number of nitrogens with zero attached hydrogens (tertiary/aromatic N) is 4. The van der Waals surface area contributed by atoms with Crippen molar-refractivity contribution in [3.8, 4) is 23.1 Å². The van der Waals surface area contributed by atoms with E-state index in [9.17, 15) is 4.79 Å². The number of rotatable bonds is 6. The highest BCUT2D eigenvalue weighted by molar-refractivity contribution is 5.98. The number of nitriles is 1. The molecule has 0 aliphatic carbocycles. The SMILES string of the molecule is CNCCN(C)C(=O)c1ccc2c(c1)nc(-c1ccc(C#N)cc1)n2-c1ccc(C)cc1. The summed E-state index contributed by atoms with van der Waals surface area (Å²) in [6, 6.07) is 23.5. The van der Waals surface area contributed by atoms with Crippen LogP contribution in [-0.4, -0.2) is 47.5 Å². The minimum atomic E-state index is -0.0352. The van der Waals surface area contributed by atoms with Crippen molar-refractivity contribution in [3.05, 3.63) is 83.4 Å². The fourth-order valence-corrected chi connectivity index (χ4v) is 3.66. The van der Waals surface area contributed by atoms with Gasteiger partial charge in [0.25, 0.3) is 5.91 Å². The molecule has 32 heavy (non-hydrogen) atoms. The fourth-order valence-electron chi connectivity index (χ4n) is 3.66. The highest BCUT2D eigenvalue weighted by Gasteiger charge is 2.18. The Morgan fingerprint density at radius 3 is 2.47 bits per heavy atom. The summed E-state index contributed by atoms with van der Waals surface area (Å²) in [4.78, 5) is 19.5. The summed E-state index contributed by atoms with van der Waals surface area (Å²) in [6.07, 6.45) is 0. The lowest BCUT2D eigenvalue weighted by Crippen LogP contribution is -2.32. The first-order valence-corrected chi connectivity index (χ1v) is 10.5. The molecule has 0 unspecified atom stereocenters. The van der Waals surface area contributed by atoms with E-state index in [4.69, 9.17) is 10.2 Å². The maximum atomic E-state index is 12.9. The second-order valence-electron chi connectivity index (χ2n) is 7.83. The number of aromatic nitrogens is 2. The van der Waals surface area contributed by atoms with Crippen LogP contribution >= 0.6 is 0 Å². The van der Waals surface area contributed by atoms with E-state index in [1.807, 2.05) is 37.4 Å². The lowest BCUT2D eigenvalue weighted by molar-refractivity contribution is 0.0797. The molecule has 1 amide bonds. The number of nitrogens with one attached hydrogen (secondary N) is 1. The van der Waals surface area contributed by atoms with Crippen molar-refractivity contribution in [2.24, 2.45) is 0 Å². The predicted octanol–water partition coefficient (Wildman–Crippen LogP) is 4.16. The minimum absolute atomic E-state index is 0.0352. The molecule has 6 heteroatoms. The second kappa shape index (κ2) is 9.04. The molecule has 0 aliphatic heterocycles. The number of hydrogen-bond acceptors (Lipinski definition) is 4. The Labute approximate surface area is 187 Å². The fraction of sp³-hybridized carbons (Fsp3) is 0.192. The van der Waals surface area contributed by atoms with Crippen LogP contribution in [0.5, 0.6) is 0 Å². The first-order chi connectivity index (χ1) is 15.5. The smallest absolute Gasteiger partial charge is 0.253 e. The van der Waals surface area contributed by atoms with Crippen LogP contribution in [0.25, 0.3) is 28.1 Å². The molecular formula is C26H25N5O. The average Bonchev–Trinajstić information content (AvgIpc) is 3.21. The third-order valence-corrected chi connectivity index (χ3v) is 5.51. The number of amides is 1. The summed E-state index contributed by atoms with van der Waals surface area (Å²) < 4.78 is 2.09. The summed E-state index contributed by atoms with van der Waals surface area (Å²) in [5.74, 6) is 0.730. The molecule has 1 N–H and O–H groups in total. The molecule has 0 aliphatic rings. The summed E-state index contributed by atoms with van der Waals surface area (Å²) >= 11 is 0. The van der Waals surface area contributed by atoms with Gasteiger partial charge in [-0.2, -0.15) is 5.26 Å². The number of likely N-dealkylation sites (N-methyl/N-ethyl adjacent to an activating group) is 2. The van der Waals surface area contributed by atoms with E-state index in [1.54, 1.807) is 24.1 Å². The van der Waals surface area contributed by atoms with Crippen molar-refractivity contribution in [1.29, 1.82) is 5.26 Å². The van der Waals surface area contributed by atoms with Crippen molar-refractivity contribution in [3.63, 3.8) is 0 Å². The van der Waals surface area contributed by atoms with Gasteiger partial charge in [-0.1, -0.05) is 17.7 Å². The van der Waals surface area contributed by atoms with Crippen LogP contribution in [0.1, 0.15) is 21.5 Å². The monoisotopic (exact) mass is 423 g/mol. The molecule has 0 saturated heterocycles. The summed E-state index contributed by atoms with van der Waals surface area (Å²) in [7, 11) is 3.67. The average molecular weight is 424 g/mol. The standard InChI is InChI=1S/C26H25N5O/c1-18-4-11-22(12-5-18)31-24-13-10-21(26(32)30(3)15-14-28-2)16-23(24)29-25(31)20-8-6-19(17-27)7-9-20/h4-13,16,28H,14-15H2,1-3H3. The van der Waals surface area contributed by atoms with Gasteiger partial charge < -0.3 is 10.2 Å². The molecule has 3 aromatic carbocycles. The Bertz CT molecular complexity index is 1300. The predicted molar refractivity (Wildman–Crippen MR) is 127 cm³/mol. The molecule has 0 radical (unpaired) electrons. The first-order valence-electron chi connectivity index (χ1n) is 10.5. The number of hydrogen-bond donors (Lipinski definition) is 1. The Hall–Kier alpha value is -3.95. The third-order valence-electron chi connectivity index (χ3n) is 5.51. The van der Waals surface area contributed by atoms with Gasteiger partial charge in [-0.25, -0.2) is 4.98 Å². The summed E-state index contributed by atoms with van der Waals surface area (Å²) in [5, 5.41) is 12.2. The maximum absolute atomic E-state index is 12.9. The van der Waals surface area contributed by atoms with Crippen molar-refractivity contribution in [2.75, 3.05) is 27.2 Å².